The van der Waals surface area contributed by atoms with Gasteiger partial charge in [0.25, 0.3) is 0 Å². The molecule has 0 spiro atoms. The lowest BCUT2D eigenvalue weighted by Crippen LogP contribution is -2.44. The Morgan fingerprint density at radius 1 is 0.560 bits per heavy atom. The van der Waals surface area contributed by atoms with E-state index in [1.54, 1.807) is 12.5 Å². The fraction of sp³-hybridized carbons (Fsp3) is 0.850. The number of piperazine rings is 2. The van der Waals surface area contributed by atoms with Gasteiger partial charge >= 0.3 is 0 Å². The molecular weight excluding hydrogens is 933 g/mol. The first kappa shape index (κ1) is 79.2. The maximum absolute atomic E-state index is 5.10. The summed E-state index contributed by atoms with van der Waals surface area (Å²) in [4.78, 5) is 27.2. The van der Waals surface area contributed by atoms with Crippen molar-refractivity contribution in [2.45, 2.75) is 93.4 Å². The highest BCUT2D eigenvalue weighted by atomic mass is 16.5. The Labute approximate surface area is 468 Å². The SMILES string of the molecule is C.C=CCNC.CC1CCN(C)CC1.CCCN(C)C.CCN(C)CC.CCN1CCN(C)CC1.CN1CCCC1.CN1CCCCC1.CN1CCN(C)CC1.CN1CCOCC1.Cn1cccc1.Cn1ccnc1. The standard InChI is InChI=1S/C7H16N2.C7H15N.C6H14N2.C6H13N.C5H11NO.C5H11N.C5H7N.2C5H13N.C4H6N2.C4H9N.CH4/c1-3-9-6-4-8(2)5-7-9;2*1-7-3-5-8(2)6-4-7;1-7-5-3-2-4-6-7;1-6-2-4-7-5-3-6;2*1-6-4-2-3-5-6;1-4-5-6(2)3;1-4-6(3)5-2;1-6-3-2-5-4-6;1-3-4-5-2;/h3-7H2,1-2H3;7H,3-6H2,1-2H3;3-6H2,1-2H3;2-6H2,1H3;2-5H2,1H3;2-5H2,1H3;2-5H,1H3;2*4-5H2,1-3H3;2-4H,1H3;3,5H,1,4H2,2H3;1H4. The third-order valence-electron chi connectivity index (χ3n) is 13.4. The van der Waals surface area contributed by atoms with Crippen LogP contribution in [0.15, 0.2) is 55.9 Å². The smallest absolute Gasteiger partial charge is 0.0943 e. The Kier molecular flexibility index (Phi) is 61.2. The molecule has 1 N–H and O–H groups in total. The molecule has 75 heavy (non-hydrogen) atoms. The summed E-state index contributed by atoms with van der Waals surface area (Å²) in [6.07, 6.45) is 22.4. The summed E-state index contributed by atoms with van der Waals surface area (Å²) < 4.78 is 8.99. The third kappa shape index (κ3) is 60.8. The van der Waals surface area contributed by atoms with Gasteiger partial charge in [0.05, 0.1) is 19.5 Å². The van der Waals surface area contributed by atoms with Crippen LogP contribution in [0.4, 0.5) is 0 Å². The normalized spacial score (nSPS) is 18.8. The molecule has 0 radical (unpaired) electrons. The Morgan fingerprint density at radius 3 is 1.15 bits per heavy atom. The Balaban J connectivity index is -0.000000371. The highest BCUT2D eigenvalue weighted by Crippen LogP contribution is 2.13. The number of aryl methyl sites for hydroxylation is 2. The van der Waals surface area contributed by atoms with E-state index in [0.717, 1.165) is 51.9 Å². The number of piperidine rings is 2. The van der Waals surface area contributed by atoms with Gasteiger partial charge in [0, 0.05) is 111 Å². The molecule has 0 atom stereocenters. The van der Waals surface area contributed by atoms with Crippen LogP contribution in [0, 0.1) is 5.92 Å². The summed E-state index contributed by atoms with van der Waals surface area (Å²) in [5, 5.41) is 2.90. The van der Waals surface area contributed by atoms with E-state index in [2.05, 4.69) is 171 Å². The van der Waals surface area contributed by atoms with Crippen molar-refractivity contribution in [3.63, 3.8) is 0 Å². The summed E-state index contributed by atoms with van der Waals surface area (Å²) >= 11 is 0. The van der Waals surface area contributed by atoms with E-state index in [1.807, 2.05) is 67.1 Å². The van der Waals surface area contributed by atoms with Crippen molar-refractivity contribution in [1.82, 2.24) is 68.4 Å². The van der Waals surface area contributed by atoms with E-state index >= 15 is 0 Å². The molecule has 8 rings (SSSR count). The average Bonchev–Trinajstić information content (AvgIpc) is 4.22. The number of morpholine rings is 1. The first-order chi connectivity index (χ1) is 35.4. The molecule has 0 unspecified atom stereocenters. The van der Waals surface area contributed by atoms with Gasteiger partial charge in [-0.1, -0.05) is 54.5 Å². The second-order valence-electron chi connectivity index (χ2n) is 21.3. The number of nitrogens with one attached hydrogen (secondary N) is 1. The zero-order valence-electron chi connectivity index (χ0n) is 52.5. The lowest BCUT2D eigenvalue weighted by Gasteiger charge is -2.31. The van der Waals surface area contributed by atoms with E-state index in [9.17, 15) is 0 Å². The zero-order valence-corrected chi connectivity index (χ0v) is 52.5. The highest BCUT2D eigenvalue weighted by Gasteiger charge is 2.12. The van der Waals surface area contributed by atoms with Crippen LogP contribution in [-0.4, -0.2) is 291 Å². The van der Waals surface area contributed by atoms with Gasteiger partial charge in [-0.05, 0) is 206 Å². The number of hydrogen-bond acceptors (Lipinski definition) is 13. The second kappa shape index (κ2) is 57.9. The van der Waals surface area contributed by atoms with Crippen molar-refractivity contribution in [2.24, 2.45) is 20.0 Å². The van der Waals surface area contributed by atoms with E-state index in [4.69, 9.17) is 4.74 Å². The number of imidazole rings is 1. The maximum Gasteiger partial charge on any atom is 0.0943 e. The van der Waals surface area contributed by atoms with E-state index in [-0.39, 0.29) is 7.43 Å². The van der Waals surface area contributed by atoms with Gasteiger partial charge in [-0.2, -0.15) is 0 Å². The molecule has 0 amide bonds. The number of likely N-dealkylation sites (N-methyl/N-ethyl adjacent to an activating group) is 6. The first-order valence-corrected chi connectivity index (χ1v) is 29.0. The third-order valence-corrected chi connectivity index (χ3v) is 13.4. The summed E-state index contributed by atoms with van der Waals surface area (Å²) in [5.74, 6) is 0.978. The molecule has 8 heterocycles. The minimum atomic E-state index is 0. The number of hydrogen-bond donors (Lipinski definition) is 1. The predicted octanol–water partition coefficient (Wildman–Crippen LogP) is 7.62. The van der Waals surface area contributed by atoms with Crippen LogP contribution >= 0.6 is 0 Å². The number of ether oxygens (including phenoxy) is 1. The van der Waals surface area contributed by atoms with Crippen molar-refractivity contribution in [1.29, 1.82) is 0 Å². The van der Waals surface area contributed by atoms with Gasteiger partial charge in [0.15, 0.2) is 0 Å². The zero-order chi connectivity index (χ0) is 56.2. The molecule has 6 fully saturated rings. The van der Waals surface area contributed by atoms with Crippen LogP contribution in [0.5, 0.6) is 0 Å². The van der Waals surface area contributed by atoms with Gasteiger partial charge < -0.3 is 68.2 Å². The number of likely N-dealkylation sites (tertiary alicyclic amines) is 3. The molecule has 6 aliphatic rings. The summed E-state index contributed by atoms with van der Waals surface area (Å²) in [6.45, 7) is 42.0. The Hall–Kier alpha value is -2.25. The number of rotatable bonds is 7. The largest absolute Gasteiger partial charge is 0.379 e. The highest BCUT2D eigenvalue weighted by molar-refractivity contribution is 4.88. The van der Waals surface area contributed by atoms with Gasteiger partial charge in [-0.3, -0.25) is 0 Å². The van der Waals surface area contributed by atoms with Gasteiger partial charge in [0.1, 0.15) is 0 Å². The summed E-state index contributed by atoms with van der Waals surface area (Å²) in [7, 11) is 27.3. The van der Waals surface area contributed by atoms with Crippen LogP contribution in [0.1, 0.15) is 93.4 Å². The fourth-order valence-corrected chi connectivity index (χ4v) is 7.35. The molecule has 15 heteroatoms. The average molecular weight is 1070 g/mol. The van der Waals surface area contributed by atoms with Crippen molar-refractivity contribution in [3.8, 4) is 0 Å². The first-order valence-electron chi connectivity index (χ1n) is 29.0. The molecule has 2 aromatic rings. The predicted molar refractivity (Wildman–Crippen MR) is 334 cm³/mol. The topological polar surface area (TPSA) is 76.4 Å². The second-order valence-corrected chi connectivity index (χ2v) is 21.3. The molecule has 0 bridgehead atoms. The van der Waals surface area contributed by atoms with Crippen LogP contribution in [0.25, 0.3) is 0 Å². The summed E-state index contributed by atoms with van der Waals surface area (Å²) in [6, 6.07) is 4.00. The molecular formula is C60H132N14O. The lowest BCUT2D eigenvalue weighted by atomic mass is 10.00. The monoisotopic (exact) mass is 1070 g/mol. The molecule has 2 aromatic heterocycles. The fourth-order valence-electron chi connectivity index (χ4n) is 7.35. The van der Waals surface area contributed by atoms with Crippen molar-refractivity contribution < 1.29 is 4.74 Å². The van der Waals surface area contributed by atoms with Crippen molar-refractivity contribution in [3.05, 3.63) is 55.9 Å². The molecule has 0 saturated carbocycles. The molecule has 6 saturated heterocycles. The van der Waals surface area contributed by atoms with E-state index < -0.39 is 0 Å². The minimum absolute atomic E-state index is 0. The van der Waals surface area contributed by atoms with Crippen LogP contribution in [0.3, 0.4) is 0 Å². The quantitative estimate of drug-likeness (QED) is 0.277. The van der Waals surface area contributed by atoms with Crippen LogP contribution in [-0.2, 0) is 18.8 Å². The number of nitrogens with zero attached hydrogens (tertiary/aromatic N) is 13. The molecule has 0 aromatic carbocycles. The van der Waals surface area contributed by atoms with Gasteiger partial charge in [-0.25, -0.2) is 4.98 Å². The Morgan fingerprint density at radius 2 is 0.960 bits per heavy atom. The maximum atomic E-state index is 5.10. The molecule has 448 valence electrons. The lowest BCUT2D eigenvalue weighted by molar-refractivity contribution is 0.0503. The van der Waals surface area contributed by atoms with E-state index in [0.29, 0.717) is 0 Å². The Bertz CT molecular complexity index is 1220. The molecule has 6 aliphatic heterocycles. The van der Waals surface area contributed by atoms with Gasteiger partial charge in [-0.15, -0.1) is 6.58 Å². The molecule has 15 nitrogen and oxygen atoms in total. The van der Waals surface area contributed by atoms with E-state index in [1.165, 1.54) is 156 Å². The van der Waals surface area contributed by atoms with Crippen molar-refractivity contribution in [2.75, 3.05) is 228 Å². The van der Waals surface area contributed by atoms with Gasteiger partial charge in [0.2, 0.25) is 0 Å². The van der Waals surface area contributed by atoms with Crippen LogP contribution < -0.4 is 5.32 Å². The van der Waals surface area contributed by atoms with Crippen LogP contribution in [0.2, 0.25) is 0 Å². The summed E-state index contributed by atoms with van der Waals surface area (Å²) in [5.41, 5.74) is 0. The van der Waals surface area contributed by atoms with Crippen molar-refractivity contribution >= 4 is 0 Å². The minimum Gasteiger partial charge on any atom is -0.379 e. The number of aromatic nitrogens is 3. The molecule has 0 aliphatic carbocycles.